The first kappa shape index (κ1) is 41.6. The van der Waals surface area contributed by atoms with Crippen LogP contribution in [0.4, 0.5) is 22.7 Å². The van der Waals surface area contributed by atoms with Gasteiger partial charge in [-0.15, -0.1) is 31.8 Å². The average Bonchev–Trinajstić information content (AvgIpc) is 3.55. The van der Waals surface area contributed by atoms with Crippen LogP contribution in [-0.4, -0.2) is 21.3 Å². The molecule has 0 N–H and O–H groups in total. The Morgan fingerprint density at radius 3 is 1.25 bits per heavy atom. The molecule has 0 saturated carbocycles. The van der Waals surface area contributed by atoms with Gasteiger partial charge in [-0.2, -0.15) is 0 Å². The van der Waals surface area contributed by atoms with Gasteiger partial charge >= 0.3 is 46.9 Å². The van der Waals surface area contributed by atoms with Crippen LogP contribution in [0.15, 0.2) is 127 Å². The van der Waals surface area contributed by atoms with Crippen molar-refractivity contribution in [1.82, 2.24) is 19.6 Å². The number of aryl methyl sites for hydroxylation is 2. The number of azo groups is 2. The third kappa shape index (κ3) is 9.33. The molecule has 0 unspecified atom stereocenters. The van der Waals surface area contributed by atoms with Gasteiger partial charge in [0.1, 0.15) is 11.4 Å². The van der Waals surface area contributed by atoms with E-state index in [-0.39, 0.29) is 80.8 Å². The minimum Gasteiger partial charge on any atom is -0.589 e. The molecule has 0 amide bonds. The van der Waals surface area contributed by atoms with Gasteiger partial charge in [0.2, 0.25) is 0 Å². The number of rotatable bonds is 8. The van der Waals surface area contributed by atoms with Crippen molar-refractivity contribution in [3.05, 3.63) is 150 Å². The second-order valence-electron chi connectivity index (χ2n) is 10.2. The zero-order chi connectivity index (χ0) is 35.9. The van der Waals surface area contributed by atoms with E-state index < -0.39 is 23.1 Å². The summed E-state index contributed by atoms with van der Waals surface area (Å²) in [7, 11) is 0. The largest absolute Gasteiger partial charge is 3.00 e. The maximum absolute atomic E-state index is 12.5. The number of nitrogens with zero attached hydrogens (tertiary/aromatic N) is 8. The Morgan fingerprint density at radius 1 is 0.577 bits per heavy atom. The SMILES string of the molecule is Cc1[n-]n(-c2ccccc2Cl)c(=O)c1N=Nc1ccccc1C(=O)[O-].Cc1[n-]n(-c2ccccc2Cl)c(=O)c1N=Nc1ccccc1C(=O)[O-].[Cr+3].[Na+]. The van der Waals surface area contributed by atoms with Crippen molar-refractivity contribution < 1.29 is 66.7 Å². The van der Waals surface area contributed by atoms with Gasteiger partial charge in [-0.1, -0.05) is 97.7 Å². The van der Waals surface area contributed by atoms with Crippen LogP contribution in [0, 0.1) is 13.8 Å². The number of benzene rings is 4. The van der Waals surface area contributed by atoms with E-state index >= 15 is 0 Å². The number of aromatic carboxylic acids is 2. The Kier molecular flexibility index (Phi) is 14.9. The van der Waals surface area contributed by atoms with E-state index in [0.29, 0.717) is 32.8 Å². The van der Waals surface area contributed by atoms with Crippen LogP contribution in [0.2, 0.25) is 10.0 Å². The summed E-state index contributed by atoms with van der Waals surface area (Å²) in [6, 6.07) is 25.5. The van der Waals surface area contributed by atoms with Crippen LogP contribution in [0.1, 0.15) is 32.1 Å². The zero-order valence-electron chi connectivity index (χ0n) is 27.4. The summed E-state index contributed by atoms with van der Waals surface area (Å²) >= 11 is 12.2. The summed E-state index contributed by atoms with van der Waals surface area (Å²) in [5.41, 5.74) is 0.506. The van der Waals surface area contributed by atoms with Gasteiger partial charge in [-0.25, -0.2) is 0 Å². The molecule has 4 aromatic carbocycles. The molecule has 14 nitrogen and oxygen atoms in total. The van der Waals surface area contributed by atoms with E-state index in [1.807, 2.05) is 0 Å². The van der Waals surface area contributed by atoms with Crippen molar-refractivity contribution in [3.63, 3.8) is 0 Å². The summed E-state index contributed by atoms with van der Waals surface area (Å²) in [4.78, 5) is 47.3. The molecule has 52 heavy (non-hydrogen) atoms. The van der Waals surface area contributed by atoms with Gasteiger partial charge in [0, 0.05) is 22.5 Å². The molecule has 0 aliphatic rings. The molecule has 6 aromatic rings. The second-order valence-corrected chi connectivity index (χ2v) is 11.0. The molecule has 0 aliphatic heterocycles. The number of aromatic nitrogens is 4. The summed E-state index contributed by atoms with van der Waals surface area (Å²) in [6.45, 7) is 3.21. The molecule has 0 atom stereocenters. The van der Waals surface area contributed by atoms with Gasteiger partial charge < -0.3 is 39.4 Å². The topological polar surface area (TPSA) is 202 Å². The summed E-state index contributed by atoms with van der Waals surface area (Å²) in [5, 5.41) is 46.7. The standard InChI is InChI=1S/2C17H13ClN4O3.Cr.Na/c2*1-10-15(20-19-13-8-4-2-6-11(13)17(24)25)16(23)22(21-10)14-9-5-3-7-12(14)18;;/h2*2-9H,1H3,(H2,19,21,23,24,25);;/q;;+3;+1/p-4. The Morgan fingerprint density at radius 2 is 0.904 bits per heavy atom. The van der Waals surface area contributed by atoms with E-state index in [4.69, 9.17) is 23.2 Å². The Bertz CT molecular complexity index is 2250. The van der Waals surface area contributed by atoms with Crippen molar-refractivity contribution >= 4 is 57.9 Å². The fourth-order valence-corrected chi connectivity index (χ4v) is 4.91. The van der Waals surface area contributed by atoms with Gasteiger partial charge in [0.25, 0.3) is 11.1 Å². The van der Waals surface area contributed by atoms with Crippen LogP contribution < -0.4 is 61.1 Å². The van der Waals surface area contributed by atoms with Crippen molar-refractivity contribution in [3.8, 4) is 11.4 Å². The molecule has 255 valence electrons. The van der Waals surface area contributed by atoms with Crippen molar-refractivity contribution in [2.45, 2.75) is 13.8 Å². The van der Waals surface area contributed by atoms with Crippen molar-refractivity contribution in [1.29, 1.82) is 0 Å². The predicted molar refractivity (Wildman–Crippen MR) is 180 cm³/mol. The molecule has 0 spiro atoms. The van der Waals surface area contributed by atoms with Crippen LogP contribution in [0.25, 0.3) is 11.4 Å². The normalized spacial score (nSPS) is 10.7. The quantitative estimate of drug-likeness (QED) is 0.165. The molecule has 6 rings (SSSR count). The number of carbonyl (C=O) groups is 2. The molecular weight excluding hydrogens is 762 g/mol. The maximum Gasteiger partial charge on any atom is 3.00 e. The number of carbonyl (C=O) groups excluding carboxylic acids is 2. The number of hydrogen-bond acceptors (Lipinski definition) is 10. The first-order chi connectivity index (χ1) is 24.0. The summed E-state index contributed by atoms with van der Waals surface area (Å²) in [6.07, 6.45) is 0. The maximum atomic E-state index is 12.5. The first-order valence-electron chi connectivity index (χ1n) is 14.4. The van der Waals surface area contributed by atoms with Crippen molar-refractivity contribution in [2.75, 3.05) is 0 Å². The van der Waals surface area contributed by atoms with Crippen LogP contribution >= 0.6 is 23.2 Å². The zero-order valence-corrected chi connectivity index (χ0v) is 32.2. The number of carboxylic acids is 2. The van der Waals surface area contributed by atoms with Gasteiger partial charge in [0.15, 0.2) is 0 Å². The fraction of sp³-hybridized carbons (Fsp3) is 0.0588. The van der Waals surface area contributed by atoms with E-state index in [0.717, 1.165) is 9.36 Å². The van der Waals surface area contributed by atoms with Crippen molar-refractivity contribution in [2.24, 2.45) is 20.5 Å². The molecular formula is C34H22Cl2CrN8NaO6. The Labute approximate surface area is 337 Å². The molecule has 0 bridgehead atoms. The molecule has 0 saturated heterocycles. The second kappa shape index (κ2) is 18.6. The third-order valence-electron chi connectivity index (χ3n) is 6.90. The minimum atomic E-state index is -1.37. The number of hydrogen-bond donors (Lipinski definition) is 0. The van der Waals surface area contributed by atoms with Gasteiger partial charge in [-0.05, 0) is 36.4 Å². The minimum absolute atomic E-state index is 0. The van der Waals surface area contributed by atoms with Crippen LogP contribution in [-0.2, 0) is 17.4 Å². The van der Waals surface area contributed by atoms with E-state index in [2.05, 4.69) is 30.7 Å². The summed E-state index contributed by atoms with van der Waals surface area (Å²) in [5.74, 6) is -2.75. The monoisotopic (exact) mass is 783 g/mol. The molecule has 0 fully saturated rings. The predicted octanol–water partition coefficient (Wildman–Crippen LogP) is 2.07. The molecule has 18 heteroatoms. The molecule has 2 aromatic heterocycles. The Hall–Kier alpha value is -4.85. The molecule has 2 heterocycles. The van der Waals surface area contributed by atoms with E-state index in [9.17, 15) is 29.4 Å². The van der Waals surface area contributed by atoms with E-state index in [1.54, 1.807) is 86.6 Å². The summed E-state index contributed by atoms with van der Waals surface area (Å²) < 4.78 is 2.27. The fourth-order valence-electron chi connectivity index (χ4n) is 4.47. The molecule has 0 aliphatic carbocycles. The number of para-hydroxylation sites is 2. The Balaban J connectivity index is 0.000000270. The number of halogens is 2. The third-order valence-corrected chi connectivity index (χ3v) is 7.54. The average molecular weight is 784 g/mol. The first-order valence-corrected chi connectivity index (χ1v) is 15.2. The van der Waals surface area contributed by atoms with Crippen LogP contribution in [0.5, 0.6) is 0 Å². The molecule has 1 radical (unpaired) electrons. The van der Waals surface area contributed by atoms with Gasteiger partial charge in [-0.3, -0.25) is 9.59 Å². The van der Waals surface area contributed by atoms with Crippen LogP contribution in [0.3, 0.4) is 0 Å². The number of carboxylic acid groups (broad SMARTS) is 2. The van der Waals surface area contributed by atoms with Gasteiger partial charge in [0.05, 0.1) is 33.4 Å². The van der Waals surface area contributed by atoms with E-state index in [1.165, 1.54) is 24.3 Å². The smallest absolute Gasteiger partial charge is 0.589 e.